The number of pyridine rings is 1. The van der Waals surface area contributed by atoms with E-state index in [0.717, 1.165) is 10.8 Å². The van der Waals surface area contributed by atoms with E-state index < -0.39 is 205 Å². The van der Waals surface area contributed by atoms with Gasteiger partial charge in [0.2, 0.25) is 65.0 Å². The van der Waals surface area contributed by atoms with Gasteiger partial charge in [-0.25, -0.2) is 19.2 Å². The van der Waals surface area contributed by atoms with E-state index >= 15 is 24.0 Å². The molecule has 2 heterocycles. The number of hydrogen-bond acceptors (Lipinski definition) is 19. The van der Waals surface area contributed by atoms with E-state index in [0.29, 0.717) is 53.1 Å². The van der Waals surface area contributed by atoms with Gasteiger partial charge in [-0.15, -0.1) is 0 Å². The van der Waals surface area contributed by atoms with Gasteiger partial charge in [0, 0.05) is 80.4 Å². The molecule has 0 unspecified atom stereocenters. The van der Waals surface area contributed by atoms with Crippen LogP contribution in [0.4, 0.5) is 16.2 Å². The fraction of sp³-hybridized carbons (Fsp3) is 0.424. The normalized spacial score (nSPS) is 14.7. The number of aliphatic hydroxyl groups is 1. The molecule has 0 aliphatic carbocycles. The van der Waals surface area contributed by atoms with Gasteiger partial charge in [0.25, 0.3) is 5.91 Å². The Balaban J connectivity index is 1.24. The van der Waals surface area contributed by atoms with Crippen LogP contribution in [-0.4, -0.2) is 242 Å². The first kappa shape index (κ1) is 97.1. The summed E-state index contributed by atoms with van der Waals surface area (Å²) >= 11 is 6.27. The summed E-state index contributed by atoms with van der Waals surface area (Å²) in [5.74, 6) is -15.8. The first-order valence-corrected chi connectivity index (χ1v) is 40.5. The highest BCUT2D eigenvalue weighted by Crippen LogP contribution is 2.24. The maximum atomic E-state index is 15.5. The zero-order chi connectivity index (χ0) is 90.2. The summed E-state index contributed by atoms with van der Waals surface area (Å²) in [6.07, 6.45) is 2.94. The highest BCUT2D eigenvalue weighted by Gasteiger charge is 2.42. The molecule has 10 atom stereocenters. The molecule has 7 rings (SSSR count). The van der Waals surface area contributed by atoms with Crippen molar-refractivity contribution in [3.05, 3.63) is 173 Å². The van der Waals surface area contributed by atoms with Crippen LogP contribution in [-0.2, 0) is 104 Å². The number of benzene rings is 5. The van der Waals surface area contributed by atoms with Gasteiger partial charge < -0.3 is 101 Å². The van der Waals surface area contributed by atoms with Crippen LogP contribution in [0, 0.1) is 5.92 Å². The second-order valence-electron chi connectivity index (χ2n) is 31.2. The van der Waals surface area contributed by atoms with Crippen molar-refractivity contribution in [1.29, 1.82) is 0 Å². The number of nitrogens with one attached hydrogen (secondary N) is 12. The molecular weight excluding hydrogens is 1610 g/mol. The fourth-order valence-electron chi connectivity index (χ4n) is 14.1. The molecule has 0 radical (unpaired) electrons. The van der Waals surface area contributed by atoms with Crippen LogP contribution in [0.25, 0.3) is 10.8 Å². The Bertz CT molecular complexity index is 4700. The number of likely N-dealkylation sites (tertiary alicyclic amines) is 1. The number of halogens is 1. The van der Waals surface area contributed by atoms with Crippen LogP contribution >= 0.6 is 11.6 Å². The second kappa shape index (κ2) is 47.3. The molecule has 38 heteroatoms. The van der Waals surface area contributed by atoms with E-state index in [1.807, 2.05) is 50.2 Å². The lowest BCUT2D eigenvalue weighted by atomic mass is 9.99. The number of amides is 14. The molecule has 1 aliphatic rings. The average molecular weight is 1720 g/mol. The van der Waals surface area contributed by atoms with Gasteiger partial charge in [-0.2, -0.15) is 0 Å². The van der Waals surface area contributed by atoms with Crippen molar-refractivity contribution >= 4 is 129 Å². The number of aliphatic hydroxyl groups excluding tert-OH is 1. The zero-order valence-electron chi connectivity index (χ0n) is 69.1. The molecule has 5 aromatic carbocycles. The smallest absolute Gasteiger partial charge is 0.359 e. The quantitative estimate of drug-likeness (QED) is 0.0187. The number of aliphatic carboxylic acids is 3. The standard InChI is InChI=1S/C85H108ClN17O20/c1-48(2)35-63(76(114)95-62(16-9-10-33-90-49(3)4)84(122)102-34-12-17-70(102)83(121)91-50(5)75(87)113)96-78(116)66(38-54-23-30-61(31-24-54)94-85(88)123)98-80(118)67(39-53-21-28-60(29-22-53)93-71(106)43-103(44-72(107)108,45-73(109)110)46-74(111)112)100-82(120)69(47-104)101-81(119)68(41-56-13-11-32-89-42-56)99-79(117)65(37-52-19-26-59(86)27-20-52)97-77(115)64(92-51(6)105)40-55-18-25-57-14-7-8-15-58(57)36-55/h7-8,11,13-15,18-32,36,42,48-50,62-70,90,104H,9-10,12,16-17,33-35,37-41,43-47H2,1-6H3,(H17-,87,88,91,92,93,94,95,96,97,98,99,100,101,105,106,107,108,109,110,111,112,113,114,115,116,117,118,119,120,121,123)/p+1/t50-,62+,63+,64-,65-,66-,67+,68-,69+,70+/m1/s1. The number of carbonyl (C=O) groups excluding carboxylic acids is 13. The zero-order valence-corrected chi connectivity index (χ0v) is 69.9. The van der Waals surface area contributed by atoms with Gasteiger partial charge in [-0.05, 0) is 139 Å². The number of anilines is 2. The minimum Gasteiger partial charge on any atom is -0.477 e. The molecular formula is C85H109ClN17O20+. The minimum atomic E-state index is -1.99. The Morgan fingerprint density at radius 2 is 0.943 bits per heavy atom. The lowest BCUT2D eigenvalue weighted by Crippen LogP contribution is -2.62. The number of urea groups is 1. The SMILES string of the molecule is CC(=O)N[C@H](Cc1ccc2ccccc2c1)C(=O)N[C@H](Cc1ccc(Cl)cc1)C(=O)N[C@H](Cc1cccnc1)C(=O)N[C@@H](CO)C(=O)N[C@@H](Cc1ccc(NC(=O)C[N+](CC(=O)O)(CC(=O)O)CC(=O)O)cc1)C(=O)N[C@H](Cc1ccc(NC(N)=O)cc1)C(=O)N[C@@H](CC(C)C)C(=O)N[C@@H](CCCCNC(C)C)C(=O)N1CCC[C@H]1C(=O)N[C@H](C)C(N)=O. The molecule has 1 aromatic heterocycles. The Hall–Kier alpha value is -13.0. The van der Waals surface area contributed by atoms with E-state index in [1.54, 1.807) is 56.3 Å². The summed E-state index contributed by atoms with van der Waals surface area (Å²) in [4.78, 5) is 226. The number of carboxylic acids is 3. The summed E-state index contributed by atoms with van der Waals surface area (Å²) in [5.41, 5.74) is 13.1. The highest BCUT2D eigenvalue weighted by molar-refractivity contribution is 6.30. The number of nitrogens with zero attached hydrogens (tertiary/aromatic N) is 3. The Morgan fingerprint density at radius 1 is 0.496 bits per heavy atom. The van der Waals surface area contributed by atoms with Gasteiger partial charge in [0.1, 0.15) is 60.4 Å². The van der Waals surface area contributed by atoms with Crippen LogP contribution in [0.1, 0.15) is 108 Å². The molecule has 1 saturated heterocycles. The molecule has 123 heavy (non-hydrogen) atoms. The molecule has 0 saturated carbocycles. The molecule has 6 aromatic rings. The van der Waals surface area contributed by atoms with Gasteiger partial charge in [0.15, 0.2) is 26.2 Å². The summed E-state index contributed by atoms with van der Waals surface area (Å²) in [7, 11) is 0. The second-order valence-corrected chi connectivity index (χ2v) is 31.6. The monoisotopic (exact) mass is 1720 g/mol. The maximum absolute atomic E-state index is 15.5. The Kier molecular flexibility index (Phi) is 37.3. The topological polar surface area (TPSA) is 567 Å². The number of fused-ring (bicyclic) bond motifs is 1. The van der Waals surface area contributed by atoms with Crippen LogP contribution in [0.2, 0.25) is 5.02 Å². The van der Waals surface area contributed by atoms with Crippen molar-refractivity contribution in [1.82, 2.24) is 63.1 Å². The van der Waals surface area contributed by atoms with E-state index in [-0.39, 0.29) is 74.0 Å². The molecule has 660 valence electrons. The largest absolute Gasteiger partial charge is 0.477 e. The molecule has 0 spiro atoms. The van der Waals surface area contributed by atoms with Crippen LogP contribution in [0.15, 0.2) is 140 Å². The number of hydrogen-bond donors (Lipinski definition) is 18. The van der Waals surface area contributed by atoms with Crippen LogP contribution in [0.3, 0.4) is 0 Å². The molecule has 20 N–H and O–H groups in total. The van der Waals surface area contributed by atoms with E-state index in [4.69, 9.17) is 23.1 Å². The number of carbonyl (C=O) groups is 16. The van der Waals surface area contributed by atoms with Crippen molar-refractivity contribution in [2.45, 2.75) is 179 Å². The summed E-state index contributed by atoms with van der Waals surface area (Å²) < 4.78 is -1.23. The Labute approximate surface area is 715 Å². The summed E-state index contributed by atoms with van der Waals surface area (Å²) in [6.45, 7) is 5.37. The van der Waals surface area contributed by atoms with Crippen LogP contribution < -0.4 is 75.3 Å². The van der Waals surface area contributed by atoms with Crippen molar-refractivity contribution < 1.29 is 102 Å². The fourth-order valence-corrected chi connectivity index (χ4v) is 14.2. The van der Waals surface area contributed by atoms with Gasteiger partial charge >= 0.3 is 23.9 Å². The van der Waals surface area contributed by atoms with Crippen molar-refractivity contribution in [3.8, 4) is 0 Å². The number of quaternary nitrogens is 1. The highest BCUT2D eigenvalue weighted by atomic mass is 35.5. The number of unbranched alkanes of at least 4 members (excludes halogenated alkanes) is 1. The first-order valence-electron chi connectivity index (χ1n) is 40.2. The van der Waals surface area contributed by atoms with E-state index in [2.05, 4.69) is 68.8 Å². The number of carboxylic acid groups (broad SMARTS) is 3. The van der Waals surface area contributed by atoms with Gasteiger partial charge in [-0.1, -0.05) is 124 Å². The summed E-state index contributed by atoms with van der Waals surface area (Å²) in [5, 5.41) is 74.6. The molecule has 0 bridgehead atoms. The summed E-state index contributed by atoms with van der Waals surface area (Å²) in [6, 6.07) is 18.1. The molecule has 37 nitrogen and oxygen atoms in total. The lowest BCUT2D eigenvalue weighted by molar-refractivity contribution is -0.899. The number of primary amides is 2. The third-order valence-electron chi connectivity index (χ3n) is 20.1. The van der Waals surface area contributed by atoms with E-state index in [1.165, 1.54) is 79.7 Å². The third kappa shape index (κ3) is 32.2. The van der Waals surface area contributed by atoms with E-state index in [9.17, 15) is 73.2 Å². The molecule has 1 aliphatic heterocycles. The predicted molar refractivity (Wildman–Crippen MR) is 452 cm³/mol. The predicted octanol–water partition coefficient (Wildman–Crippen LogP) is 0.987. The first-order chi connectivity index (χ1) is 58.3. The maximum Gasteiger partial charge on any atom is 0.359 e. The van der Waals surface area contributed by atoms with Crippen molar-refractivity contribution in [2.24, 2.45) is 17.4 Å². The molecule has 1 fully saturated rings. The number of rotatable bonds is 48. The third-order valence-corrected chi connectivity index (χ3v) is 20.3. The lowest BCUT2D eigenvalue weighted by Gasteiger charge is -2.33. The van der Waals surface area contributed by atoms with Crippen molar-refractivity contribution in [2.75, 3.05) is 56.5 Å². The van der Waals surface area contributed by atoms with Gasteiger partial charge in [-0.3, -0.25) is 67.0 Å². The average Bonchev–Trinajstić information content (AvgIpc) is 1.77. The number of aromatic nitrogens is 1. The van der Waals surface area contributed by atoms with Crippen molar-refractivity contribution in [3.63, 3.8) is 0 Å². The van der Waals surface area contributed by atoms with Crippen LogP contribution in [0.5, 0.6) is 0 Å². The number of nitrogens with two attached hydrogens (primary N) is 2. The Morgan fingerprint density at radius 3 is 1.41 bits per heavy atom. The van der Waals surface area contributed by atoms with Gasteiger partial charge in [0.05, 0.1) is 6.61 Å². The molecule has 14 amide bonds. The minimum absolute atomic E-state index is 0.0172.